The summed E-state index contributed by atoms with van der Waals surface area (Å²) in [6.45, 7) is 0.309. The van der Waals surface area contributed by atoms with Gasteiger partial charge in [-0.25, -0.2) is 4.79 Å². The molecule has 0 radical (unpaired) electrons. The molecule has 2 aromatic carbocycles. The van der Waals surface area contributed by atoms with Crippen LogP contribution < -0.4 is 5.32 Å². The molecule has 25 heavy (non-hydrogen) atoms. The number of hydrogen-bond acceptors (Lipinski definition) is 2. The molecule has 3 rings (SSSR count). The minimum absolute atomic E-state index is 0.0397. The van der Waals surface area contributed by atoms with Gasteiger partial charge in [0.05, 0.1) is 11.1 Å². The predicted molar refractivity (Wildman–Crippen MR) is 88.9 cm³/mol. The van der Waals surface area contributed by atoms with E-state index in [9.17, 15) is 23.1 Å². The molecule has 1 aromatic heterocycles. The van der Waals surface area contributed by atoms with Gasteiger partial charge < -0.3 is 15.4 Å². The highest BCUT2D eigenvalue weighted by atomic mass is 19.4. The molecular weight excluding hydrogens is 333 g/mol. The van der Waals surface area contributed by atoms with Crippen molar-refractivity contribution in [3.05, 3.63) is 65.4 Å². The van der Waals surface area contributed by atoms with E-state index in [0.29, 0.717) is 13.0 Å². The van der Waals surface area contributed by atoms with E-state index in [1.54, 1.807) is 0 Å². The van der Waals surface area contributed by atoms with Crippen molar-refractivity contribution < 1.29 is 23.1 Å². The number of benzene rings is 2. The van der Waals surface area contributed by atoms with Crippen LogP contribution in [0.1, 0.15) is 21.5 Å². The molecule has 0 spiro atoms. The molecule has 3 N–H and O–H groups in total. The van der Waals surface area contributed by atoms with Crippen LogP contribution in [0.25, 0.3) is 10.9 Å². The van der Waals surface area contributed by atoms with E-state index in [1.165, 1.54) is 12.1 Å². The van der Waals surface area contributed by atoms with E-state index in [0.717, 1.165) is 22.5 Å². The van der Waals surface area contributed by atoms with Crippen molar-refractivity contribution in [2.45, 2.75) is 12.6 Å². The smallest absolute Gasteiger partial charge is 0.417 e. The summed E-state index contributed by atoms with van der Waals surface area (Å²) in [7, 11) is 0. The summed E-state index contributed by atoms with van der Waals surface area (Å²) in [4.78, 5) is 14.4. The van der Waals surface area contributed by atoms with Crippen molar-refractivity contribution in [2.24, 2.45) is 0 Å². The molecule has 0 fully saturated rings. The lowest BCUT2D eigenvalue weighted by Crippen LogP contribution is -2.16. The molecule has 0 unspecified atom stereocenters. The monoisotopic (exact) mass is 348 g/mol. The lowest BCUT2D eigenvalue weighted by Gasteiger charge is -2.15. The maximum Gasteiger partial charge on any atom is 0.417 e. The van der Waals surface area contributed by atoms with E-state index in [4.69, 9.17) is 0 Å². The first kappa shape index (κ1) is 16.9. The minimum atomic E-state index is -4.72. The lowest BCUT2D eigenvalue weighted by molar-refractivity contribution is -0.138. The quantitative estimate of drug-likeness (QED) is 0.634. The molecule has 4 nitrogen and oxygen atoms in total. The number of H-pyrrole nitrogens is 1. The maximum atomic E-state index is 13.0. The Morgan fingerprint density at radius 1 is 1.12 bits per heavy atom. The Kier molecular flexibility index (Phi) is 4.39. The van der Waals surface area contributed by atoms with Gasteiger partial charge in [-0.1, -0.05) is 24.3 Å². The fourth-order valence-electron chi connectivity index (χ4n) is 2.84. The number of nitrogens with one attached hydrogen (secondary N) is 2. The SMILES string of the molecule is O=C(O)c1c(NCCc2c[nH]c3ccccc23)cccc1C(F)(F)F. The number of carboxylic acid groups (broad SMARTS) is 1. The molecule has 0 amide bonds. The number of fused-ring (bicyclic) bond motifs is 1. The average molecular weight is 348 g/mol. The minimum Gasteiger partial charge on any atom is -0.478 e. The fourth-order valence-corrected chi connectivity index (χ4v) is 2.84. The van der Waals surface area contributed by atoms with Crippen molar-refractivity contribution in [1.29, 1.82) is 0 Å². The zero-order valence-corrected chi connectivity index (χ0v) is 13.0. The van der Waals surface area contributed by atoms with Crippen LogP contribution in [0.5, 0.6) is 0 Å². The summed E-state index contributed by atoms with van der Waals surface area (Å²) in [6.07, 6.45) is -2.34. The van der Waals surface area contributed by atoms with Gasteiger partial charge in [0.2, 0.25) is 0 Å². The standard InChI is InChI=1S/C18H15F3N2O2/c19-18(20,21)13-5-3-7-15(16(13)17(24)25)22-9-8-11-10-23-14-6-2-1-4-12(11)14/h1-7,10,22-23H,8-9H2,(H,24,25). The highest BCUT2D eigenvalue weighted by Crippen LogP contribution is 2.35. The highest BCUT2D eigenvalue weighted by molar-refractivity contribution is 5.96. The second-order valence-corrected chi connectivity index (χ2v) is 5.57. The molecular formula is C18H15F3N2O2. The molecule has 7 heteroatoms. The Bertz CT molecular complexity index is 916. The number of aromatic amines is 1. The van der Waals surface area contributed by atoms with E-state index in [1.807, 2.05) is 30.5 Å². The van der Waals surface area contributed by atoms with Gasteiger partial charge in [0.15, 0.2) is 0 Å². The van der Waals surface area contributed by atoms with Crippen LogP contribution in [0.3, 0.4) is 0 Å². The molecule has 0 atom stereocenters. The van der Waals surface area contributed by atoms with Crippen molar-refractivity contribution in [3.63, 3.8) is 0 Å². The third kappa shape index (κ3) is 3.45. The number of carbonyl (C=O) groups is 1. The molecule has 3 aromatic rings. The Morgan fingerprint density at radius 3 is 2.60 bits per heavy atom. The van der Waals surface area contributed by atoms with Gasteiger partial charge in [-0.2, -0.15) is 13.2 Å². The second-order valence-electron chi connectivity index (χ2n) is 5.57. The van der Waals surface area contributed by atoms with Gasteiger partial charge in [0, 0.05) is 29.3 Å². The first-order valence-corrected chi connectivity index (χ1v) is 7.60. The first-order valence-electron chi connectivity index (χ1n) is 7.60. The molecule has 130 valence electrons. The molecule has 0 aliphatic heterocycles. The van der Waals surface area contributed by atoms with Gasteiger partial charge in [-0.05, 0) is 30.2 Å². The number of carboxylic acids is 1. The number of hydrogen-bond donors (Lipinski definition) is 3. The van der Waals surface area contributed by atoms with E-state index < -0.39 is 23.3 Å². The predicted octanol–water partition coefficient (Wildman–Crippen LogP) is 4.54. The van der Waals surface area contributed by atoms with Crippen LogP contribution in [0.2, 0.25) is 0 Å². The summed E-state index contributed by atoms with van der Waals surface area (Å²) in [5.74, 6) is -1.61. The third-order valence-electron chi connectivity index (χ3n) is 3.97. The van der Waals surface area contributed by atoms with Crippen LogP contribution >= 0.6 is 0 Å². The summed E-state index contributed by atoms with van der Waals surface area (Å²) < 4.78 is 39.0. The summed E-state index contributed by atoms with van der Waals surface area (Å²) in [5.41, 5.74) is 0.0305. The van der Waals surface area contributed by atoms with Gasteiger partial charge in [0.1, 0.15) is 0 Å². The van der Waals surface area contributed by atoms with E-state index in [-0.39, 0.29) is 5.69 Å². The molecule has 0 saturated heterocycles. The van der Waals surface area contributed by atoms with Crippen LogP contribution in [-0.4, -0.2) is 22.6 Å². The lowest BCUT2D eigenvalue weighted by atomic mass is 10.0. The Labute approximate surface area is 141 Å². The van der Waals surface area contributed by atoms with Crippen LogP contribution in [0.15, 0.2) is 48.7 Å². The zero-order chi connectivity index (χ0) is 18.0. The summed E-state index contributed by atoms with van der Waals surface area (Å²) >= 11 is 0. The van der Waals surface area contributed by atoms with Crippen molar-refractivity contribution in [1.82, 2.24) is 4.98 Å². The number of alkyl halides is 3. The van der Waals surface area contributed by atoms with Crippen molar-refractivity contribution >= 4 is 22.6 Å². The largest absolute Gasteiger partial charge is 0.478 e. The zero-order valence-electron chi connectivity index (χ0n) is 13.0. The van der Waals surface area contributed by atoms with E-state index >= 15 is 0 Å². The highest BCUT2D eigenvalue weighted by Gasteiger charge is 2.36. The van der Waals surface area contributed by atoms with Gasteiger partial charge >= 0.3 is 12.1 Å². The number of para-hydroxylation sites is 1. The van der Waals surface area contributed by atoms with E-state index in [2.05, 4.69) is 10.3 Å². The number of rotatable bonds is 5. The van der Waals surface area contributed by atoms with Crippen molar-refractivity contribution in [3.8, 4) is 0 Å². The molecule has 0 aliphatic rings. The summed E-state index contributed by atoms with van der Waals surface area (Å²) in [5, 5.41) is 13.0. The number of halogens is 3. The molecule has 1 heterocycles. The average Bonchev–Trinajstić information content (AvgIpc) is 2.97. The fraction of sp³-hybridized carbons (Fsp3) is 0.167. The number of aromatic nitrogens is 1. The maximum absolute atomic E-state index is 13.0. The van der Waals surface area contributed by atoms with Crippen LogP contribution in [-0.2, 0) is 12.6 Å². The molecule has 0 saturated carbocycles. The Morgan fingerprint density at radius 2 is 1.88 bits per heavy atom. The topological polar surface area (TPSA) is 65.1 Å². The normalized spacial score (nSPS) is 11.6. The van der Waals surface area contributed by atoms with Gasteiger partial charge in [0.25, 0.3) is 0 Å². The number of anilines is 1. The third-order valence-corrected chi connectivity index (χ3v) is 3.97. The Balaban J connectivity index is 1.80. The second kappa shape index (κ2) is 6.51. The van der Waals surface area contributed by atoms with Crippen molar-refractivity contribution in [2.75, 3.05) is 11.9 Å². The Hall–Kier alpha value is -2.96. The molecule has 0 bridgehead atoms. The van der Waals surface area contributed by atoms with Crippen LogP contribution in [0, 0.1) is 0 Å². The first-order chi connectivity index (χ1) is 11.9. The van der Waals surface area contributed by atoms with Crippen LogP contribution in [0.4, 0.5) is 18.9 Å². The van der Waals surface area contributed by atoms with Gasteiger partial charge in [-0.3, -0.25) is 0 Å². The number of aromatic carboxylic acids is 1. The van der Waals surface area contributed by atoms with Gasteiger partial charge in [-0.15, -0.1) is 0 Å². The summed E-state index contributed by atoms with van der Waals surface area (Å²) in [6, 6.07) is 11.0. The molecule has 0 aliphatic carbocycles.